The molecular weight excluding hydrogens is 534 g/mol. The first kappa shape index (κ1) is 27.0. The zero-order chi connectivity index (χ0) is 25.6. The smallest absolute Gasteiger partial charge is 0.244 e. The maximum atomic E-state index is 13.6. The van der Waals surface area contributed by atoms with E-state index >= 15 is 0 Å². The molecule has 0 unspecified atom stereocenters. The quantitative estimate of drug-likeness (QED) is 0.473. The Labute approximate surface area is 215 Å². The van der Waals surface area contributed by atoms with Crippen molar-refractivity contribution in [2.75, 3.05) is 24.2 Å². The predicted molar refractivity (Wildman–Crippen MR) is 140 cm³/mol. The molecule has 2 aromatic carbocycles. The summed E-state index contributed by atoms with van der Waals surface area (Å²) in [5.41, 5.74) is 1.17. The first-order chi connectivity index (χ1) is 16.6. The van der Waals surface area contributed by atoms with E-state index in [1.54, 1.807) is 31.2 Å². The van der Waals surface area contributed by atoms with Crippen molar-refractivity contribution in [3.05, 3.63) is 58.6 Å². The van der Waals surface area contributed by atoms with Gasteiger partial charge in [0.2, 0.25) is 21.8 Å². The summed E-state index contributed by atoms with van der Waals surface area (Å²) in [6.45, 7) is 1.42. The summed E-state index contributed by atoms with van der Waals surface area (Å²) in [6.07, 6.45) is 5.06. The monoisotopic (exact) mass is 565 g/mol. The van der Waals surface area contributed by atoms with Crippen LogP contribution in [0.2, 0.25) is 0 Å². The maximum absolute atomic E-state index is 13.6. The first-order valence-corrected chi connectivity index (χ1v) is 14.2. The molecule has 2 amide bonds. The predicted octanol–water partition coefficient (Wildman–Crippen LogP) is 3.70. The number of sulfonamides is 1. The number of hydrogen-bond acceptors (Lipinski definition) is 5. The van der Waals surface area contributed by atoms with Crippen LogP contribution in [0.25, 0.3) is 0 Å². The Morgan fingerprint density at radius 3 is 2.23 bits per heavy atom. The third-order valence-electron chi connectivity index (χ3n) is 6.17. The van der Waals surface area contributed by atoms with E-state index in [0.717, 1.165) is 46.3 Å². The molecule has 0 aliphatic heterocycles. The molecule has 1 saturated carbocycles. The number of ether oxygens (including phenoxy) is 1. The van der Waals surface area contributed by atoms with Crippen LogP contribution < -0.4 is 14.4 Å². The van der Waals surface area contributed by atoms with Crippen molar-refractivity contribution in [2.24, 2.45) is 0 Å². The van der Waals surface area contributed by atoms with E-state index in [9.17, 15) is 18.0 Å². The minimum atomic E-state index is -3.77. The number of anilines is 1. The number of carbonyl (C=O) groups is 2. The molecule has 0 radical (unpaired) electrons. The summed E-state index contributed by atoms with van der Waals surface area (Å²) < 4.78 is 32.3. The summed E-state index contributed by atoms with van der Waals surface area (Å²) in [5.74, 6) is -0.136. The Kier molecular flexibility index (Phi) is 9.18. The highest BCUT2D eigenvalue weighted by Gasteiger charge is 2.31. The van der Waals surface area contributed by atoms with Gasteiger partial charge >= 0.3 is 0 Å². The largest absolute Gasteiger partial charge is 0.497 e. The van der Waals surface area contributed by atoms with Crippen LogP contribution in [0.15, 0.2) is 53.0 Å². The van der Waals surface area contributed by atoms with Gasteiger partial charge in [0.05, 0.1) is 19.1 Å². The van der Waals surface area contributed by atoms with Crippen molar-refractivity contribution in [1.29, 1.82) is 0 Å². The molecule has 2 aromatic rings. The molecule has 35 heavy (non-hydrogen) atoms. The fourth-order valence-corrected chi connectivity index (χ4v) is 5.24. The van der Waals surface area contributed by atoms with Crippen LogP contribution in [0.1, 0.15) is 38.2 Å². The van der Waals surface area contributed by atoms with E-state index in [2.05, 4.69) is 21.2 Å². The van der Waals surface area contributed by atoms with Crippen molar-refractivity contribution < 1.29 is 22.7 Å². The normalized spacial score (nSPS) is 14.9. The van der Waals surface area contributed by atoms with Gasteiger partial charge in [0.1, 0.15) is 18.3 Å². The molecule has 3 rings (SSSR count). The Balaban J connectivity index is 1.86. The van der Waals surface area contributed by atoms with E-state index in [0.29, 0.717) is 11.4 Å². The third kappa shape index (κ3) is 7.44. The van der Waals surface area contributed by atoms with E-state index < -0.39 is 28.5 Å². The van der Waals surface area contributed by atoms with Crippen molar-refractivity contribution in [1.82, 2.24) is 10.2 Å². The molecule has 1 atom stereocenters. The average Bonchev–Trinajstić information content (AvgIpc) is 3.34. The number of amides is 2. The van der Waals surface area contributed by atoms with Gasteiger partial charge in [-0.25, -0.2) is 8.42 Å². The Morgan fingerprint density at radius 1 is 1.09 bits per heavy atom. The number of nitrogens with zero attached hydrogens (tertiary/aromatic N) is 2. The van der Waals surface area contributed by atoms with Crippen LogP contribution in [0.4, 0.5) is 5.69 Å². The molecule has 0 saturated heterocycles. The van der Waals surface area contributed by atoms with Gasteiger partial charge in [-0.2, -0.15) is 0 Å². The van der Waals surface area contributed by atoms with Gasteiger partial charge in [-0.15, -0.1) is 0 Å². The molecule has 1 fully saturated rings. The lowest BCUT2D eigenvalue weighted by molar-refractivity contribution is -0.139. The fourth-order valence-electron chi connectivity index (χ4n) is 4.12. The van der Waals surface area contributed by atoms with Crippen molar-refractivity contribution >= 4 is 43.5 Å². The number of nitrogens with one attached hydrogen (secondary N) is 1. The molecule has 0 bridgehead atoms. The van der Waals surface area contributed by atoms with Gasteiger partial charge in [-0.3, -0.25) is 13.9 Å². The van der Waals surface area contributed by atoms with E-state index in [1.165, 1.54) is 12.0 Å². The Morgan fingerprint density at radius 2 is 1.69 bits per heavy atom. The van der Waals surface area contributed by atoms with Gasteiger partial charge in [-0.05, 0) is 61.7 Å². The molecule has 0 heterocycles. The fraction of sp³-hybridized carbons (Fsp3) is 0.440. The van der Waals surface area contributed by atoms with Gasteiger partial charge < -0.3 is 15.0 Å². The summed E-state index contributed by atoms with van der Waals surface area (Å²) >= 11 is 3.41. The molecule has 1 N–H and O–H groups in total. The molecular formula is C25H32BrN3O5S. The van der Waals surface area contributed by atoms with Crippen molar-refractivity contribution in [3.63, 3.8) is 0 Å². The summed E-state index contributed by atoms with van der Waals surface area (Å²) in [5, 5.41) is 3.05. The lowest BCUT2D eigenvalue weighted by Gasteiger charge is -2.32. The van der Waals surface area contributed by atoms with Crippen LogP contribution >= 0.6 is 15.9 Å². The standard InChI is InChI=1S/C25H32BrN3O5S/c1-18(25(31)27-21-6-4-5-7-21)28(16-19-8-10-20(26)11-9-19)24(30)17-29(35(3,32)33)22-12-14-23(34-2)15-13-22/h8-15,18,21H,4-7,16-17H2,1-3H3,(H,27,31)/t18-/m0/s1. The van der Waals surface area contributed by atoms with E-state index in [1.807, 2.05) is 24.3 Å². The highest BCUT2D eigenvalue weighted by atomic mass is 79.9. The van der Waals surface area contributed by atoms with Gasteiger partial charge in [0.25, 0.3) is 0 Å². The van der Waals surface area contributed by atoms with Crippen LogP contribution in [-0.4, -0.2) is 57.1 Å². The molecule has 8 nitrogen and oxygen atoms in total. The second kappa shape index (κ2) is 11.9. The minimum absolute atomic E-state index is 0.112. The molecule has 0 aromatic heterocycles. The summed E-state index contributed by atoms with van der Waals surface area (Å²) in [6, 6.07) is 13.2. The van der Waals surface area contributed by atoms with Crippen LogP contribution in [-0.2, 0) is 26.2 Å². The van der Waals surface area contributed by atoms with Crippen LogP contribution in [0, 0.1) is 0 Å². The summed E-state index contributed by atoms with van der Waals surface area (Å²) in [7, 11) is -2.25. The van der Waals surface area contributed by atoms with Crippen LogP contribution in [0.3, 0.4) is 0 Å². The molecule has 1 aliphatic rings. The van der Waals surface area contributed by atoms with Gasteiger partial charge in [0.15, 0.2) is 0 Å². The molecule has 1 aliphatic carbocycles. The number of methoxy groups -OCH3 is 1. The maximum Gasteiger partial charge on any atom is 0.244 e. The second-order valence-electron chi connectivity index (χ2n) is 8.78. The lowest BCUT2D eigenvalue weighted by atomic mass is 10.1. The third-order valence-corrected chi connectivity index (χ3v) is 7.84. The van der Waals surface area contributed by atoms with Crippen molar-refractivity contribution in [2.45, 2.75) is 51.2 Å². The number of rotatable bonds is 10. The number of hydrogen-bond donors (Lipinski definition) is 1. The van der Waals surface area contributed by atoms with Gasteiger partial charge in [0, 0.05) is 17.1 Å². The van der Waals surface area contributed by atoms with Gasteiger partial charge in [-0.1, -0.05) is 40.9 Å². The molecule has 0 spiro atoms. The second-order valence-corrected chi connectivity index (χ2v) is 11.6. The van der Waals surface area contributed by atoms with Crippen molar-refractivity contribution in [3.8, 4) is 5.75 Å². The number of halogens is 1. The zero-order valence-electron chi connectivity index (χ0n) is 20.2. The lowest BCUT2D eigenvalue weighted by Crippen LogP contribution is -2.52. The Hall–Kier alpha value is -2.59. The molecule has 190 valence electrons. The number of carbonyl (C=O) groups excluding carboxylic acids is 2. The molecule has 10 heteroatoms. The highest BCUT2D eigenvalue weighted by molar-refractivity contribution is 9.10. The highest BCUT2D eigenvalue weighted by Crippen LogP contribution is 2.23. The van der Waals surface area contributed by atoms with Crippen LogP contribution in [0.5, 0.6) is 5.75 Å². The van der Waals surface area contributed by atoms with E-state index in [4.69, 9.17) is 4.74 Å². The zero-order valence-corrected chi connectivity index (χ0v) is 22.6. The van der Waals surface area contributed by atoms with E-state index in [-0.39, 0.29) is 18.5 Å². The first-order valence-electron chi connectivity index (χ1n) is 11.5. The number of benzene rings is 2. The minimum Gasteiger partial charge on any atom is -0.497 e. The average molecular weight is 567 g/mol. The summed E-state index contributed by atoms with van der Waals surface area (Å²) in [4.78, 5) is 28.1. The SMILES string of the molecule is COc1ccc(N(CC(=O)N(Cc2ccc(Br)cc2)[C@@H](C)C(=O)NC2CCCC2)S(C)(=O)=O)cc1. The Bertz CT molecular complexity index is 1120. The topological polar surface area (TPSA) is 96.0 Å².